The van der Waals surface area contributed by atoms with Crippen molar-refractivity contribution in [3.8, 4) is 11.5 Å². The second-order valence-electron chi connectivity index (χ2n) is 5.30. The van der Waals surface area contributed by atoms with Gasteiger partial charge in [-0.25, -0.2) is 0 Å². The van der Waals surface area contributed by atoms with Gasteiger partial charge in [0.15, 0.2) is 0 Å². The molecule has 1 heterocycles. The Labute approximate surface area is 140 Å². The van der Waals surface area contributed by atoms with Crippen LogP contribution in [0, 0.1) is 0 Å². The van der Waals surface area contributed by atoms with Crippen molar-refractivity contribution in [2.24, 2.45) is 0 Å². The molecule has 23 heavy (non-hydrogen) atoms. The summed E-state index contributed by atoms with van der Waals surface area (Å²) in [6, 6.07) is 12.5. The molecule has 1 atom stereocenters. The molecule has 0 aromatic heterocycles. The first kappa shape index (κ1) is 15.7. The molecule has 1 aliphatic heterocycles. The third-order valence-corrected chi connectivity index (χ3v) is 3.98. The van der Waals surface area contributed by atoms with Crippen LogP contribution in [0.4, 0.5) is 0 Å². The predicted molar refractivity (Wildman–Crippen MR) is 89.4 cm³/mol. The molecular formula is C18H18ClNO3. The van der Waals surface area contributed by atoms with Crippen molar-refractivity contribution in [1.82, 2.24) is 5.32 Å². The molecule has 120 valence electrons. The first-order valence-corrected chi connectivity index (χ1v) is 8.01. The minimum Gasteiger partial charge on any atom is -0.494 e. The van der Waals surface area contributed by atoms with Crippen molar-refractivity contribution >= 4 is 17.5 Å². The molecule has 0 bridgehead atoms. The van der Waals surface area contributed by atoms with E-state index in [1.54, 1.807) is 30.3 Å². The molecule has 3 rings (SSSR count). The summed E-state index contributed by atoms with van der Waals surface area (Å²) in [6.45, 7) is 3.10. The Bertz CT molecular complexity index is 700. The minimum atomic E-state index is -0.120. The maximum absolute atomic E-state index is 12.5. The van der Waals surface area contributed by atoms with Gasteiger partial charge in [0, 0.05) is 22.6 Å². The molecule has 1 aliphatic rings. The fraction of sp³-hybridized carbons (Fsp3) is 0.278. The smallest absolute Gasteiger partial charge is 0.251 e. The van der Waals surface area contributed by atoms with Crippen LogP contribution in [-0.4, -0.2) is 19.1 Å². The zero-order valence-corrected chi connectivity index (χ0v) is 13.6. The summed E-state index contributed by atoms with van der Waals surface area (Å²) in [7, 11) is 0. The van der Waals surface area contributed by atoms with Crippen molar-refractivity contribution < 1.29 is 14.3 Å². The zero-order chi connectivity index (χ0) is 16.2. The fourth-order valence-electron chi connectivity index (χ4n) is 2.63. The lowest BCUT2D eigenvalue weighted by Gasteiger charge is -2.27. The van der Waals surface area contributed by atoms with Crippen LogP contribution in [-0.2, 0) is 0 Å². The monoisotopic (exact) mass is 331 g/mol. The van der Waals surface area contributed by atoms with Gasteiger partial charge in [0.2, 0.25) is 0 Å². The van der Waals surface area contributed by atoms with E-state index in [4.69, 9.17) is 21.1 Å². The van der Waals surface area contributed by atoms with Gasteiger partial charge in [-0.15, -0.1) is 0 Å². The van der Waals surface area contributed by atoms with E-state index in [9.17, 15) is 4.79 Å². The van der Waals surface area contributed by atoms with Crippen LogP contribution in [0.15, 0.2) is 42.5 Å². The van der Waals surface area contributed by atoms with Crippen LogP contribution in [0.1, 0.15) is 35.3 Å². The van der Waals surface area contributed by atoms with E-state index in [0.29, 0.717) is 23.8 Å². The maximum Gasteiger partial charge on any atom is 0.251 e. The van der Waals surface area contributed by atoms with Gasteiger partial charge in [0.1, 0.15) is 11.5 Å². The molecule has 0 saturated heterocycles. The van der Waals surface area contributed by atoms with Gasteiger partial charge in [0.25, 0.3) is 5.91 Å². The van der Waals surface area contributed by atoms with Crippen LogP contribution < -0.4 is 14.8 Å². The molecule has 5 heteroatoms. The summed E-state index contributed by atoms with van der Waals surface area (Å²) in [5, 5.41) is 3.69. The van der Waals surface area contributed by atoms with Crippen LogP contribution in [0.5, 0.6) is 11.5 Å². The number of amides is 1. The number of carbonyl (C=O) groups is 1. The molecule has 0 radical (unpaired) electrons. The Hall–Kier alpha value is -2.20. The molecule has 4 nitrogen and oxygen atoms in total. The predicted octanol–water partition coefficient (Wildman–Crippen LogP) is 3.99. The lowest BCUT2D eigenvalue weighted by atomic mass is 10.00. The van der Waals surface area contributed by atoms with Gasteiger partial charge in [-0.2, -0.15) is 0 Å². The topological polar surface area (TPSA) is 47.6 Å². The van der Waals surface area contributed by atoms with E-state index in [2.05, 4.69) is 5.32 Å². The number of hydrogen-bond acceptors (Lipinski definition) is 3. The maximum atomic E-state index is 12.5. The first-order valence-electron chi connectivity index (χ1n) is 7.63. The number of nitrogens with one attached hydrogen (secondary N) is 1. The summed E-state index contributed by atoms with van der Waals surface area (Å²) in [4.78, 5) is 12.5. The molecule has 1 amide bonds. The van der Waals surface area contributed by atoms with Gasteiger partial charge in [0.05, 0.1) is 19.3 Å². The highest BCUT2D eigenvalue weighted by atomic mass is 35.5. The number of carbonyl (C=O) groups excluding carboxylic acids is 1. The zero-order valence-electron chi connectivity index (χ0n) is 12.8. The Morgan fingerprint density at radius 2 is 2.09 bits per heavy atom. The molecule has 1 N–H and O–H groups in total. The lowest BCUT2D eigenvalue weighted by Crippen LogP contribution is -2.32. The SMILES string of the molecule is CCOc1ccc(C(=O)NC2CCOc3ccc(Cl)cc32)cc1. The largest absolute Gasteiger partial charge is 0.494 e. The van der Waals surface area contributed by atoms with E-state index >= 15 is 0 Å². The highest BCUT2D eigenvalue weighted by Crippen LogP contribution is 2.34. The molecule has 1 unspecified atom stereocenters. The number of halogens is 1. The summed E-state index contributed by atoms with van der Waals surface area (Å²) in [6.07, 6.45) is 0.718. The van der Waals surface area contributed by atoms with Crippen molar-refractivity contribution in [1.29, 1.82) is 0 Å². The Kier molecular flexibility index (Phi) is 4.72. The van der Waals surface area contributed by atoms with Gasteiger partial charge < -0.3 is 14.8 Å². The molecule has 2 aromatic rings. The molecule has 0 saturated carbocycles. The molecule has 0 spiro atoms. The summed E-state index contributed by atoms with van der Waals surface area (Å²) in [5.74, 6) is 1.41. The first-order chi connectivity index (χ1) is 11.2. The second-order valence-corrected chi connectivity index (χ2v) is 5.74. The average Bonchev–Trinajstić information content (AvgIpc) is 2.56. The van der Waals surface area contributed by atoms with Crippen molar-refractivity contribution in [3.05, 3.63) is 58.6 Å². The Morgan fingerprint density at radius 1 is 1.30 bits per heavy atom. The molecule has 2 aromatic carbocycles. The Balaban J connectivity index is 1.75. The van der Waals surface area contributed by atoms with Crippen molar-refractivity contribution in [2.45, 2.75) is 19.4 Å². The van der Waals surface area contributed by atoms with Crippen LogP contribution >= 0.6 is 11.6 Å². The van der Waals surface area contributed by atoms with Gasteiger partial charge in [-0.3, -0.25) is 4.79 Å². The van der Waals surface area contributed by atoms with Crippen LogP contribution in [0.3, 0.4) is 0 Å². The van der Waals surface area contributed by atoms with Gasteiger partial charge in [-0.05, 0) is 49.4 Å². The third kappa shape index (κ3) is 3.59. The van der Waals surface area contributed by atoms with Gasteiger partial charge >= 0.3 is 0 Å². The van der Waals surface area contributed by atoms with Gasteiger partial charge in [-0.1, -0.05) is 11.6 Å². The summed E-state index contributed by atoms with van der Waals surface area (Å²) in [5.41, 5.74) is 1.52. The Morgan fingerprint density at radius 3 is 2.83 bits per heavy atom. The fourth-order valence-corrected chi connectivity index (χ4v) is 2.81. The van der Waals surface area contributed by atoms with E-state index in [1.807, 2.05) is 19.1 Å². The standard InChI is InChI=1S/C18H18ClNO3/c1-2-22-14-6-3-12(4-7-14)18(21)20-16-9-10-23-17-8-5-13(19)11-15(16)17/h3-8,11,16H,2,9-10H2,1H3,(H,20,21). The van der Waals surface area contributed by atoms with E-state index < -0.39 is 0 Å². The lowest BCUT2D eigenvalue weighted by molar-refractivity contribution is 0.0925. The second kappa shape index (κ2) is 6.92. The van der Waals surface area contributed by atoms with E-state index in [0.717, 1.165) is 23.5 Å². The molecular weight excluding hydrogens is 314 g/mol. The average molecular weight is 332 g/mol. The normalized spacial score (nSPS) is 16.2. The number of fused-ring (bicyclic) bond motifs is 1. The molecule has 0 aliphatic carbocycles. The van der Waals surface area contributed by atoms with Crippen LogP contribution in [0.2, 0.25) is 5.02 Å². The summed E-state index contributed by atoms with van der Waals surface area (Å²) >= 11 is 6.06. The number of hydrogen-bond donors (Lipinski definition) is 1. The van der Waals surface area contributed by atoms with Crippen molar-refractivity contribution in [2.75, 3.05) is 13.2 Å². The van der Waals surface area contributed by atoms with E-state index in [1.165, 1.54) is 0 Å². The quantitative estimate of drug-likeness (QED) is 0.921. The number of benzene rings is 2. The highest BCUT2D eigenvalue weighted by Gasteiger charge is 2.23. The highest BCUT2D eigenvalue weighted by molar-refractivity contribution is 6.30. The number of rotatable bonds is 4. The molecule has 0 fully saturated rings. The minimum absolute atomic E-state index is 0.100. The summed E-state index contributed by atoms with van der Waals surface area (Å²) < 4.78 is 11.0. The van der Waals surface area contributed by atoms with Crippen molar-refractivity contribution in [3.63, 3.8) is 0 Å². The third-order valence-electron chi connectivity index (χ3n) is 3.74. The van der Waals surface area contributed by atoms with E-state index in [-0.39, 0.29) is 11.9 Å². The number of ether oxygens (including phenoxy) is 2. The van der Waals surface area contributed by atoms with Crippen LogP contribution in [0.25, 0.3) is 0 Å².